The molecular weight excluding hydrogens is 540 g/mol. The lowest BCUT2D eigenvalue weighted by Gasteiger charge is -2.13. The number of ether oxygens (including phenoxy) is 3. The molecular formula is C24H23BrN2O7S. The van der Waals surface area contributed by atoms with E-state index in [2.05, 4.69) is 26.5 Å². The van der Waals surface area contributed by atoms with Crippen LogP contribution < -0.4 is 23.8 Å². The highest BCUT2D eigenvalue weighted by Crippen LogP contribution is 2.38. The number of hydrogen-bond donors (Lipinski definition) is 1. The minimum atomic E-state index is -4.07. The molecule has 0 aliphatic rings. The number of methoxy groups -OCH3 is 2. The molecule has 0 bridgehead atoms. The Labute approximate surface area is 211 Å². The van der Waals surface area contributed by atoms with Crippen molar-refractivity contribution < 1.29 is 31.6 Å². The fourth-order valence-electron chi connectivity index (χ4n) is 2.96. The van der Waals surface area contributed by atoms with E-state index in [-0.39, 0.29) is 16.4 Å². The quantitative estimate of drug-likeness (QED) is 0.221. The van der Waals surface area contributed by atoms with Crippen molar-refractivity contribution in [2.75, 3.05) is 20.8 Å². The van der Waals surface area contributed by atoms with Gasteiger partial charge in [-0.25, -0.2) is 5.43 Å². The van der Waals surface area contributed by atoms with E-state index in [0.717, 1.165) is 0 Å². The molecule has 0 aromatic heterocycles. The van der Waals surface area contributed by atoms with Crippen LogP contribution in [0.5, 0.6) is 23.0 Å². The first-order chi connectivity index (χ1) is 16.8. The molecule has 0 unspecified atom stereocenters. The number of halogens is 1. The van der Waals surface area contributed by atoms with Gasteiger partial charge in [-0.1, -0.05) is 18.2 Å². The van der Waals surface area contributed by atoms with Crippen LogP contribution in [-0.2, 0) is 10.1 Å². The van der Waals surface area contributed by atoms with E-state index in [1.165, 1.54) is 38.6 Å². The summed E-state index contributed by atoms with van der Waals surface area (Å²) in [5.74, 6) is 0.647. The maximum absolute atomic E-state index is 12.6. The Morgan fingerprint density at radius 1 is 1.00 bits per heavy atom. The minimum absolute atomic E-state index is 0.00771. The minimum Gasteiger partial charge on any atom is -0.493 e. The van der Waals surface area contributed by atoms with E-state index in [1.807, 2.05) is 6.92 Å². The Morgan fingerprint density at radius 3 is 2.37 bits per heavy atom. The number of hydrazone groups is 1. The zero-order valence-electron chi connectivity index (χ0n) is 19.1. The Kier molecular flexibility index (Phi) is 8.72. The van der Waals surface area contributed by atoms with Crippen LogP contribution in [0.2, 0.25) is 0 Å². The van der Waals surface area contributed by atoms with Crippen molar-refractivity contribution in [3.05, 3.63) is 76.3 Å². The molecule has 0 saturated carbocycles. The number of nitrogens with zero attached hydrogens (tertiary/aromatic N) is 1. The van der Waals surface area contributed by atoms with Crippen molar-refractivity contribution in [1.29, 1.82) is 0 Å². The zero-order chi connectivity index (χ0) is 25.4. The van der Waals surface area contributed by atoms with E-state index in [0.29, 0.717) is 33.7 Å². The number of rotatable bonds is 10. The van der Waals surface area contributed by atoms with Gasteiger partial charge in [-0.15, -0.1) is 0 Å². The number of amides is 1. The van der Waals surface area contributed by atoms with Gasteiger partial charge in [0.05, 0.1) is 31.5 Å². The van der Waals surface area contributed by atoms with Gasteiger partial charge in [0.1, 0.15) is 4.90 Å². The molecule has 1 amide bonds. The van der Waals surface area contributed by atoms with Crippen LogP contribution in [0.25, 0.3) is 0 Å². The van der Waals surface area contributed by atoms with Crippen molar-refractivity contribution in [2.24, 2.45) is 5.10 Å². The first kappa shape index (κ1) is 26.0. The van der Waals surface area contributed by atoms with Gasteiger partial charge in [0.15, 0.2) is 23.0 Å². The molecule has 0 aliphatic heterocycles. The van der Waals surface area contributed by atoms with Gasteiger partial charge >= 0.3 is 10.1 Å². The van der Waals surface area contributed by atoms with Gasteiger partial charge in [-0.05, 0) is 70.9 Å². The van der Waals surface area contributed by atoms with E-state index in [4.69, 9.17) is 18.4 Å². The highest BCUT2D eigenvalue weighted by Gasteiger charge is 2.21. The van der Waals surface area contributed by atoms with Crippen LogP contribution in [0.4, 0.5) is 0 Å². The summed E-state index contributed by atoms with van der Waals surface area (Å²) in [4.78, 5) is 12.5. The molecule has 3 aromatic rings. The van der Waals surface area contributed by atoms with Gasteiger partial charge in [-0.3, -0.25) is 4.79 Å². The molecule has 0 saturated heterocycles. The fraction of sp³-hybridized carbons (Fsp3) is 0.167. The molecule has 9 nitrogen and oxygen atoms in total. The molecule has 3 rings (SSSR count). The smallest absolute Gasteiger partial charge is 0.339 e. The number of hydrogen-bond acceptors (Lipinski definition) is 8. The van der Waals surface area contributed by atoms with Crippen molar-refractivity contribution in [1.82, 2.24) is 5.43 Å². The highest BCUT2D eigenvalue weighted by atomic mass is 79.9. The fourth-order valence-corrected chi connectivity index (χ4v) is 4.58. The van der Waals surface area contributed by atoms with Crippen molar-refractivity contribution in [2.45, 2.75) is 11.8 Å². The average molecular weight is 563 g/mol. The molecule has 35 heavy (non-hydrogen) atoms. The number of carbonyl (C=O) groups excluding carboxylic acids is 1. The second-order valence-corrected chi connectivity index (χ2v) is 9.28. The van der Waals surface area contributed by atoms with Crippen LogP contribution in [0.15, 0.2) is 75.1 Å². The summed E-state index contributed by atoms with van der Waals surface area (Å²) < 4.78 is 46.9. The summed E-state index contributed by atoms with van der Waals surface area (Å²) >= 11 is 3.31. The lowest BCUT2D eigenvalue weighted by atomic mass is 10.2. The third-order valence-corrected chi connectivity index (χ3v) is 6.41. The molecule has 0 spiro atoms. The standard InChI is InChI=1S/C24H23BrN2O7S/c1-4-33-21-14-17(10-11-20(21)31-2)24(28)27-26-15-16-12-19(25)23(22(13-16)32-3)34-35(29,30)18-8-6-5-7-9-18/h5-15H,4H2,1-3H3,(H,27,28)/b26-15+. The molecule has 3 aromatic carbocycles. The first-order valence-electron chi connectivity index (χ1n) is 10.3. The molecule has 0 heterocycles. The van der Waals surface area contributed by atoms with Crippen molar-refractivity contribution in [3.63, 3.8) is 0 Å². The second-order valence-electron chi connectivity index (χ2n) is 6.88. The van der Waals surface area contributed by atoms with E-state index >= 15 is 0 Å². The number of nitrogens with one attached hydrogen (secondary N) is 1. The molecule has 0 atom stereocenters. The lowest BCUT2D eigenvalue weighted by molar-refractivity contribution is 0.0954. The van der Waals surface area contributed by atoms with Gasteiger partial charge < -0.3 is 18.4 Å². The normalized spacial score (nSPS) is 11.2. The zero-order valence-corrected chi connectivity index (χ0v) is 21.6. The SMILES string of the molecule is CCOc1cc(C(=O)N/N=C/c2cc(Br)c(OS(=O)(=O)c3ccccc3)c(OC)c2)ccc1OC. The van der Waals surface area contributed by atoms with Crippen molar-refractivity contribution >= 4 is 38.2 Å². The van der Waals surface area contributed by atoms with Crippen LogP contribution in [0.1, 0.15) is 22.8 Å². The maximum atomic E-state index is 12.6. The lowest BCUT2D eigenvalue weighted by Crippen LogP contribution is -2.17. The summed E-state index contributed by atoms with van der Waals surface area (Å²) in [7, 11) is -1.18. The largest absolute Gasteiger partial charge is 0.493 e. The summed E-state index contributed by atoms with van der Waals surface area (Å²) in [6.45, 7) is 2.25. The molecule has 184 valence electrons. The van der Waals surface area contributed by atoms with Gasteiger partial charge in [0.25, 0.3) is 5.91 Å². The topological polar surface area (TPSA) is 113 Å². The first-order valence-corrected chi connectivity index (χ1v) is 12.5. The van der Waals surface area contributed by atoms with Crippen LogP contribution in [0.3, 0.4) is 0 Å². The molecule has 0 aliphatic carbocycles. The van der Waals surface area contributed by atoms with Gasteiger partial charge in [0.2, 0.25) is 0 Å². The molecule has 0 fully saturated rings. The average Bonchev–Trinajstić information content (AvgIpc) is 2.86. The number of benzene rings is 3. The predicted octanol–water partition coefficient (Wildman–Crippen LogP) is 4.40. The number of carbonyl (C=O) groups is 1. The molecule has 1 N–H and O–H groups in total. The summed E-state index contributed by atoms with van der Waals surface area (Å²) in [6, 6.07) is 15.6. The van der Waals surface area contributed by atoms with Gasteiger partial charge in [0, 0.05) is 5.56 Å². The van der Waals surface area contributed by atoms with Crippen LogP contribution in [-0.4, -0.2) is 41.4 Å². The molecule has 11 heteroatoms. The highest BCUT2D eigenvalue weighted by molar-refractivity contribution is 9.10. The second kappa shape index (κ2) is 11.7. The van der Waals surface area contributed by atoms with E-state index in [9.17, 15) is 13.2 Å². The monoisotopic (exact) mass is 562 g/mol. The summed E-state index contributed by atoms with van der Waals surface area (Å²) in [6.07, 6.45) is 1.38. The van der Waals surface area contributed by atoms with E-state index in [1.54, 1.807) is 42.5 Å². The maximum Gasteiger partial charge on any atom is 0.339 e. The Bertz CT molecular complexity index is 1330. The summed E-state index contributed by atoms with van der Waals surface area (Å²) in [5, 5.41) is 3.97. The Morgan fingerprint density at radius 2 is 1.71 bits per heavy atom. The Hall–Kier alpha value is -3.57. The molecule has 0 radical (unpaired) electrons. The van der Waals surface area contributed by atoms with Gasteiger partial charge in [-0.2, -0.15) is 13.5 Å². The third-order valence-electron chi connectivity index (χ3n) is 4.58. The van der Waals surface area contributed by atoms with Crippen LogP contribution >= 0.6 is 15.9 Å². The van der Waals surface area contributed by atoms with Crippen LogP contribution in [0, 0.1) is 0 Å². The summed E-state index contributed by atoms with van der Waals surface area (Å²) in [5.41, 5.74) is 3.29. The third kappa shape index (κ3) is 6.52. The Balaban J connectivity index is 1.77. The van der Waals surface area contributed by atoms with E-state index < -0.39 is 16.0 Å². The predicted molar refractivity (Wildman–Crippen MR) is 134 cm³/mol. The van der Waals surface area contributed by atoms with Crippen molar-refractivity contribution in [3.8, 4) is 23.0 Å².